The van der Waals surface area contributed by atoms with Crippen molar-refractivity contribution in [1.82, 2.24) is 9.80 Å². The van der Waals surface area contributed by atoms with Crippen LogP contribution in [0, 0.1) is 5.92 Å². The van der Waals surface area contributed by atoms with Crippen molar-refractivity contribution in [1.29, 1.82) is 0 Å². The van der Waals surface area contributed by atoms with Gasteiger partial charge in [0.1, 0.15) is 18.5 Å². The number of amides is 1. The summed E-state index contributed by atoms with van der Waals surface area (Å²) in [6, 6.07) is 12.8. The van der Waals surface area contributed by atoms with Gasteiger partial charge >= 0.3 is 0 Å². The van der Waals surface area contributed by atoms with Crippen LogP contribution < -0.4 is 18.9 Å². The van der Waals surface area contributed by atoms with Crippen LogP contribution in [0.5, 0.6) is 23.0 Å². The Morgan fingerprint density at radius 3 is 2.38 bits per heavy atom. The highest BCUT2D eigenvalue weighted by atomic mass is 16.5. The summed E-state index contributed by atoms with van der Waals surface area (Å²) in [6.45, 7) is 7.69. The number of para-hydroxylation sites is 1. The molecule has 9 heteroatoms. The topological polar surface area (TPSA) is 89.9 Å². The molecule has 0 aliphatic carbocycles. The summed E-state index contributed by atoms with van der Waals surface area (Å²) in [5.41, 5.74) is 0.455. The molecule has 1 heterocycles. The van der Waals surface area contributed by atoms with Gasteiger partial charge in [0, 0.05) is 38.3 Å². The van der Waals surface area contributed by atoms with E-state index in [0.29, 0.717) is 62.1 Å². The van der Waals surface area contributed by atoms with Gasteiger partial charge in [0.15, 0.2) is 11.5 Å². The number of ether oxygens (including phenoxy) is 5. The zero-order valence-electron chi connectivity index (χ0n) is 22.5. The molecular weight excluding hydrogens is 476 g/mol. The normalized spacial score (nSPS) is 16.8. The van der Waals surface area contributed by atoms with Crippen molar-refractivity contribution in [2.45, 2.75) is 26.1 Å². The van der Waals surface area contributed by atoms with E-state index in [1.165, 1.54) is 21.3 Å². The van der Waals surface area contributed by atoms with Crippen LogP contribution in [-0.4, -0.2) is 100 Å². The summed E-state index contributed by atoms with van der Waals surface area (Å²) in [6.07, 6.45) is -0.813. The third kappa shape index (κ3) is 8.24. The van der Waals surface area contributed by atoms with Crippen LogP contribution in [0.15, 0.2) is 42.5 Å². The molecule has 0 saturated carbocycles. The maximum absolute atomic E-state index is 13.6. The summed E-state index contributed by atoms with van der Waals surface area (Å²) in [7, 11) is 4.59. The number of benzene rings is 2. The molecule has 1 aliphatic rings. The van der Waals surface area contributed by atoms with E-state index in [4.69, 9.17) is 23.7 Å². The first-order valence-electron chi connectivity index (χ1n) is 12.6. The molecule has 37 heavy (non-hydrogen) atoms. The second-order valence-electron chi connectivity index (χ2n) is 9.55. The molecule has 9 nitrogen and oxygen atoms in total. The van der Waals surface area contributed by atoms with E-state index in [1.54, 1.807) is 12.1 Å². The number of hydrogen-bond acceptors (Lipinski definition) is 8. The molecule has 1 aliphatic heterocycles. The summed E-state index contributed by atoms with van der Waals surface area (Å²) in [5.74, 6) is 2.17. The molecule has 0 bridgehead atoms. The summed E-state index contributed by atoms with van der Waals surface area (Å²) in [4.78, 5) is 17.6. The monoisotopic (exact) mass is 516 g/mol. The van der Waals surface area contributed by atoms with Gasteiger partial charge in [-0.05, 0) is 30.2 Å². The maximum atomic E-state index is 13.6. The lowest BCUT2D eigenvalue weighted by atomic mass is 10.1. The number of hydrogen-bond donors (Lipinski definition) is 1. The number of β-amino-alcohol motifs (C(OH)–C–C–N with tert-alkyl or cyclic N) is 1. The number of rotatable bonds is 13. The molecule has 204 valence electrons. The molecule has 0 spiro atoms. The van der Waals surface area contributed by atoms with Crippen molar-refractivity contribution in [2.75, 3.05) is 67.3 Å². The largest absolute Gasteiger partial charge is 0.493 e. The van der Waals surface area contributed by atoms with Gasteiger partial charge in [-0.3, -0.25) is 9.69 Å². The van der Waals surface area contributed by atoms with Gasteiger partial charge in [-0.1, -0.05) is 32.0 Å². The Morgan fingerprint density at radius 2 is 1.78 bits per heavy atom. The lowest BCUT2D eigenvalue weighted by molar-refractivity contribution is -0.0542. The van der Waals surface area contributed by atoms with Crippen LogP contribution in [-0.2, 0) is 4.74 Å². The minimum atomic E-state index is -0.633. The van der Waals surface area contributed by atoms with Gasteiger partial charge in [0.05, 0.1) is 34.0 Å². The predicted molar refractivity (Wildman–Crippen MR) is 141 cm³/mol. The minimum absolute atomic E-state index is 0.134. The van der Waals surface area contributed by atoms with Crippen molar-refractivity contribution in [3.05, 3.63) is 48.0 Å². The maximum Gasteiger partial charge on any atom is 0.254 e. The second-order valence-corrected chi connectivity index (χ2v) is 9.55. The molecule has 2 atom stereocenters. The zero-order chi connectivity index (χ0) is 26.8. The van der Waals surface area contributed by atoms with E-state index in [0.717, 1.165) is 5.75 Å². The Bertz CT molecular complexity index is 961. The highest BCUT2D eigenvalue weighted by Gasteiger charge is 2.28. The number of nitrogens with zero attached hydrogens (tertiary/aromatic N) is 2. The van der Waals surface area contributed by atoms with E-state index in [9.17, 15) is 9.90 Å². The van der Waals surface area contributed by atoms with Crippen LogP contribution in [0.4, 0.5) is 0 Å². The molecule has 2 aromatic carbocycles. The minimum Gasteiger partial charge on any atom is -0.493 e. The molecule has 0 aromatic heterocycles. The van der Waals surface area contributed by atoms with Crippen LogP contribution in [0.2, 0.25) is 0 Å². The second kappa shape index (κ2) is 14.1. The molecule has 3 rings (SSSR count). The van der Waals surface area contributed by atoms with Gasteiger partial charge in [-0.25, -0.2) is 0 Å². The van der Waals surface area contributed by atoms with Gasteiger partial charge in [0.25, 0.3) is 5.91 Å². The number of aliphatic hydroxyl groups excluding tert-OH is 1. The smallest absolute Gasteiger partial charge is 0.254 e. The van der Waals surface area contributed by atoms with E-state index in [1.807, 2.05) is 35.2 Å². The SMILES string of the molecule is COc1cc(C(=O)N(CC(C)C)C[C@H]2CN(C[C@H](O)COc3ccccc3)CCO2)cc(OC)c1OC. The first-order chi connectivity index (χ1) is 17.8. The van der Waals surface area contributed by atoms with Gasteiger partial charge in [-0.15, -0.1) is 0 Å². The number of methoxy groups -OCH3 is 3. The third-order valence-electron chi connectivity index (χ3n) is 6.09. The van der Waals surface area contributed by atoms with Gasteiger partial charge < -0.3 is 33.7 Å². The number of carbonyl (C=O) groups excluding carboxylic acids is 1. The Kier molecular flexibility index (Phi) is 10.9. The average molecular weight is 517 g/mol. The van der Waals surface area contributed by atoms with E-state index < -0.39 is 6.10 Å². The Balaban J connectivity index is 1.64. The van der Waals surface area contributed by atoms with Crippen molar-refractivity contribution in [3.63, 3.8) is 0 Å². The fraction of sp³-hybridized carbons (Fsp3) is 0.536. The molecule has 1 fully saturated rings. The van der Waals surface area contributed by atoms with Crippen LogP contribution in [0.25, 0.3) is 0 Å². The molecule has 1 amide bonds. The Hall–Kier alpha value is -3.01. The highest BCUT2D eigenvalue weighted by molar-refractivity contribution is 5.95. The van der Waals surface area contributed by atoms with Crippen LogP contribution in [0.3, 0.4) is 0 Å². The van der Waals surface area contributed by atoms with Crippen molar-refractivity contribution in [3.8, 4) is 23.0 Å². The molecule has 1 saturated heterocycles. The fourth-order valence-electron chi connectivity index (χ4n) is 4.43. The zero-order valence-corrected chi connectivity index (χ0v) is 22.5. The molecular formula is C28H40N2O7. The molecule has 2 aromatic rings. The van der Waals surface area contributed by atoms with Crippen LogP contribution in [0.1, 0.15) is 24.2 Å². The quantitative estimate of drug-likeness (QED) is 0.435. The fourth-order valence-corrected chi connectivity index (χ4v) is 4.43. The highest BCUT2D eigenvalue weighted by Crippen LogP contribution is 2.38. The standard InChI is InChI=1S/C28H40N2O7/c1-20(2)15-30(28(32)21-13-25(33-3)27(35-5)26(14-21)34-4)18-24-17-29(11-12-36-24)16-22(31)19-37-23-9-7-6-8-10-23/h6-10,13-14,20,22,24,31H,11-12,15-19H2,1-5H3/t22-,24+/m0/s1. The lowest BCUT2D eigenvalue weighted by Crippen LogP contribution is -2.51. The van der Waals surface area contributed by atoms with E-state index in [2.05, 4.69) is 18.7 Å². The number of aliphatic hydroxyl groups is 1. The summed E-state index contributed by atoms with van der Waals surface area (Å²) < 4.78 is 28.0. The van der Waals surface area contributed by atoms with Crippen LogP contribution >= 0.6 is 0 Å². The molecule has 0 radical (unpaired) electrons. The van der Waals surface area contributed by atoms with Gasteiger partial charge in [-0.2, -0.15) is 0 Å². The lowest BCUT2D eigenvalue weighted by Gasteiger charge is -2.37. The predicted octanol–water partition coefficient (Wildman–Crippen LogP) is 2.95. The van der Waals surface area contributed by atoms with Crippen molar-refractivity contribution in [2.24, 2.45) is 5.92 Å². The Morgan fingerprint density at radius 1 is 1.11 bits per heavy atom. The summed E-state index contributed by atoms with van der Waals surface area (Å²) in [5, 5.41) is 10.5. The third-order valence-corrected chi connectivity index (χ3v) is 6.09. The number of carbonyl (C=O) groups is 1. The van der Waals surface area contributed by atoms with Gasteiger partial charge in [0.2, 0.25) is 5.75 Å². The first-order valence-corrected chi connectivity index (χ1v) is 12.6. The van der Waals surface area contributed by atoms with Crippen molar-refractivity contribution >= 4 is 5.91 Å². The average Bonchev–Trinajstić information content (AvgIpc) is 2.90. The number of morpholine rings is 1. The summed E-state index contributed by atoms with van der Waals surface area (Å²) >= 11 is 0. The molecule has 1 N–H and O–H groups in total. The Labute approximate surface area is 219 Å². The first kappa shape index (κ1) is 28.6. The molecule has 0 unspecified atom stereocenters. The van der Waals surface area contributed by atoms with E-state index in [-0.39, 0.29) is 24.5 Å². The van der Waals surface area contributed by atoms with E-state index >= 15 is 0 Å². The van der Waals surface area contributed by atoms with Crippen molar-refractivity contribution < 1.29 is 33.6 Å².